The van der Waals surface area contributed by atoms with Crippen LogP contribution in [-0.4, -0.2) is 22.0 Å². The maximum Gasteiger partial charge on any atom is 0.144 e. The Bertz CT molecular complexity index is 581. The van der Waals surface area contributed by atoms with Crippen molar-refractivity contribution in [2.24, 2.45) is 0 Å². The summed E-state index contributed by atoms with van der Waals surface area (Å²) in [6.45, 7) is 0. The molecule has 0 aromatic carbocycles. The molecule has 2 aromatic heterocycles. The van der Waals surface area contributed by atoms with Gasteiger partial charge in [-0.15, -0.1) is 0 Å². The van der Waals surface area contributed by atoms with E-state index < -0.39 is 0 Å². The minimum atomic E-state index is 0.595. The van der Waals surface area contributed by atoms with Gasteiger partial charge in [0.25, 0.3) is 0 Å². The first-order valence-corrected chi connectivity index (χ1v) is 7.20. The second-order valence-electron chi connectivity index (χ2n) is 4.75. The summed E-state index contributed by atoms with van der Waals surface area (Å²) in [6, 6.07) is 3.99. The van der Waals surface area contributed by atoms with Crippen molar-refractivity contribution in [3.05, 3.63) is 46.1 Å². The van der Waals surface area contributed by atoms with E-state index in [0.29, 0.717) is 5.92 Å². The summed E-state index contributed by atoms with van der Waals surface area (Å²) >= 11 is 3.60. The highest BCUT2D eigenvalue weighted by Gasteiger charge is 2.29. The van der Waals surface area contributed by atoms with E-state index in [1.165, 1.54) is 12.8 Å². The smallest absolute Gasteiger partial charge is 0.144 e. The van der Waals surface area contributed by atoms with Crippen molar-refractivity contribution in [2.75, 3.05) is 12.4 Å². The van der Waals surface area contributed by atoms with Gasteiger partial charge in [-0.2, -0.15) is 0 Å². The molecule has 3 rings (SSSR count). The summed E-state index contributed by atoms with van der Waals surface area (Å²) in [5, 5.41) is 3.13. The number of rotatable bonds is 4. The van der Waals surface area contributed by atoms with Crippen LogP contribution in [0.3, 0.4) is 0 Å². The Morgan fingerprint density at radius 2 is 2.21 bits per heavy atom. The van der Waals surface area contributed by atoms with Crippen molar-refractivity contribution in [3.8, 4) is 0 Å². The molecule has 1 aliphatic carbocycles. The monoisotopic (exact) mass is 318 g/mol. The summed E-state index contributed by atoms with van der Waals surface area (Å²) in [7, 11) is 1.89. The van der Waals surface area contributed by atoms with Crippen LogP contribution < -0.4 is 5.32 Å². The standard InChI is InChI=1S/C14H15BrN4/c1-16-14-12(15)13(10-4-5-10)18-11(19-14)7-9-3-2-6-17-8-9/h2-3,6,8,10H,4-5,7H2,1H3,(H,16,18,19). The second kappa shape index (κ2) is 5.25. The van der Waals surface area contributed by atoms with Crippen molar-refractivity contribution in [2.45, 2.75) is 25.2 Å². The molecule has 0 atom stereocenters. The van der Waals surface area contributed by atoms with Gasteiger partial charge in [0.2, 0.25) is 0 Å². The fourth-order valence-corrected chi connectivity index (χ4v) is 2.77. The number of nitrogens with one attached hydrogen (secondary N) is 1. The van der Waals surface area contributed by atoms with Crippen LogP contribution in [0.2, 0.25) is 0 Å². The van der Waals surface area contributed by atoms with Crippen molar-refractivity contribution in [1.29, 1.82) is 0 Å². The molecule has 0 radical (unpaired) electrons. The molecular weight excluding hydrogens is 304 g/mol. The number of anilines is 1. The van der Waals surface area contributed by atoms with E-state index in [0.717, 1.165) is 33.8 Å². The minimum absolute atomic E-state index is 0.595. The third kappa shape index (κ3) is 2.76. The van der Waals surface area contributed by atoms with Gasteiger partial charge in [0.15, 0.2) is 0 Å². The molecule has 0 unspecified atom stereocenters. The van der Waals surface area contributed by atoms with Crippen LogP contribution in [-0.2, 0) is 6.42 Å². The number of halogens is 1. The van der Waals surface area contributed by atoms with E-state index >= 15 is 0 Å². The second-order valence-corrected chi connectivity index (χ2v) is 5.54. The Kier molecular flexibility index (Phi) is 3.46. The first kappa shape index (κ1) is 12.5. The number of hydrogen-bond acceptors (Lipinski definition) is 4. The van der Waals surface area contributed by atoms with Crippen molar-refractivity contribution >= 4 is 21.7 Å². The zero-order chi connectivity index (χ0) is 13.2. The van der Waals surface area contributed by atoms with Crippen LogP contribution in [0, 0.1) is 0 Å². The summed E-state index contributed by atoms with van der Waals surface area (Å²) in [6.07, 6.45) is 6.81. The van der Waals surface area contributed by atoms with Crippen molar-refractivity contribution in [1.82, 2.24) is 15.0 Å². The number of aromatic nitrogens is 3. The SMILES string of the molecule is CNc1nc(Cc2cccnc2)nc(C2CC2)c1Br. The van der Waals surface area contributed by atoms with Gasteiger partial charge in [0.1, 0.15) is 11.6 Å². The summed E-state index contributed by atoms with van der Waals surface area (Å²) in [4.78, 5) is 13.4. The summed E-state index contributed by atoms with van der Waals surface area (Å²) in [5.41, 5.74) is 2.27. The minimum Gasteiger partial charge on any atom is -0.372 e. The fraction of sp³-hybridized carbons (Fsp3) is 0.357. The van der Waals surface area contributed by atoms with E-state index in [1.54, 1.807) is 6.20 Å². The lowest BCUT2D eigenvalue weighted by Crippen LogP contribution is -2.06. The highest BCUT2D eigenvalue weighted by atomic mass is 79.9. The summed E-state index contributed by atoms with van der Waals surface area (Å²) < 4.78 is 1.01. The topological polar surface area (TPSA) is 50.7 Å². The number of hydrogen-bond donors (Lipinski definition) is 1. The average molecular weight is 319 g/mol. The molecule has 19 heavy (non-hydrogen) atoms. The van der Waals surface area contributed by atoms with Gasteiger partial charge in [-0.05, 0) is 40.4 Å². The molecule has 0 amide bonds. The van der Waals surface area contributed by atoms with E-state index in [-0.39, 0.29) is 0 Å². The first-order valence-electron chi connectivity index (χ1n) is 6.41. The van der Waals surface area contributed by atoms with Gasteiger partial charge in [0, 0.05) is 31.8 Å². The quantitative estimate of drug-likeness (QED) is 0.940. The Hall–Kier alpha value is -1.49. The lowest BCUT2D eigenvalue weighted by molar-refractivity contribution is 0.889. The molecule has 1 N–H and O–H groups in total. The molecule has 0 bridgehead atoms. The predicted octanol–water partition coefficient (Wildman–Crippen LogP) is 3.14. The Morgan fingerprint density at radius 1 is 1.37 bits per heavy atom. The zero-order valence-corrected chi connectivity index (χ0v) is 12.3. The molecule has 2 aromatic rings. The Morgan fingerprint density at radius 3 is 2.84 bits per heavy atom. The maximum atomic E-state index is 4.71. The molecule has 0 spiro atoms. The van der Waals surface area contributed by atoms with Crippen molar-refractivity contribution < 1.29 is 0 Å². The molecule has 1 aliphatic rings. The van der Waals surface area contributed by atoms with E-state index in [1.807, 2.05) is 25.4 Å². The molecule has 1 saturated carbocycles. The molecular formula is C14H15BrN4. The van der Waals surface area contributed by atoms with Crippen LogP contribution in [0.4, 0.5) is 5.82 Å². The molecule has 4 nitrogen and oxygen atoms in total. The average Bonchev–Trinajstić information content (AvgIpc) is 3.26. The third-order valence-corrected chi connectivity index (χ3v) is 3.99. The van der Waals surface area contributed by atoms with Gasteiger partial charge in [-0.1, -0.05) is 6.07 Å². The zero-order valence-electron chi connectivity index (χ0n) is 10.7. The van der Waals surface area contributed by atoms with Gasteiger partial charge in [-0.25, -0.2) is 9.97 Å². The molecule has 2 heterocycles. The lowest BCUT2D eigenvalue weighted by Gasteiger charge is -2.10. The van der Waals surface area contributed by atoms with E-state index in [2.05, 4.69) is 31.2 Å². The lowest BCUT2D eigenvalue weighted by atomic mass is 10.2. The van der Waals surface area contributed by atoms with Crippen LogP contribution in [0.25, 0.3) is 0 Å². The van der Waals surface area contributed by atoms with Gasteiger partial charge in [-0.3, -0.25) is 4.98 Å². The largest absolute Gasteiger partial charge is 0.372 e. The van der Waals surface area contributed by atoms with Gasteiger partial charge < -0.3 is 5.32 Å². The highest BCUT2D eigenvalue weighted by molar-refractivity contribution is 9.10. The summed E-state index contributed by atoms with van der Waals surface area (Å²) in [5.74, 6) is 2.32. The highest BCUT2D eigenvalue weighted by Crippen LogP contribution is 2.43. The normalized spacial score (nSPS) is 14.4. The van der Waals surface area contributed by atoms with E-state index in [9.17, 15) is 0 Å². The third-order valence-electron chi connectivity index (χ3n) is 3.21. The van der Waals surface area contributed by atoms with E-state index in [4.69, 9.17) is 4.98 Å². The van der Waals surface area contributed by atoms with Crippen LogP contribution in [0.1, 0.15) is 35.8 Å². The molecule has 1 fully saturated rings. The van der Waals surface area contributed by atoms with Crippen LogP contribution >= 0.6 is 15.9 Å². The molecule has 0 saturated heterocycles. The Balaban J connectivity index is 1.95. The van der Waals surface area contributed by atoms with Gasteiger partial charge >= 0.3 is 0 Å². The molecule has 0 aliphatic heterocycles. The van der Waals surface area contributed by atoms with Crippen LogP contribution in [0.5, 0.6) is 0 Å². The fourth-order valence-electron chi connectivity index (χ4n) is 2.07. The predicted molar refractivity (Wildman–Crippen MR) is 78.3 cm³/mol. The van der Waals surface area contributed by atoms with Gasteiger partial charge in [0.05, 0.1) is 10.2 Å². The number of pyridine rings is 1. The first-order chi connectivity index (χ1) is 9.28. The van der Waals surface area contributed by atoms with Crippen molar-refractivity contribution in [3.63, 3.8) is 0 Å². The Labute approximate surface area is 120 Å². The molecule has 5 heteroatoms. The number of nitrogens with zero attached hydrogens (tertiary/aromatic N) is 3. The maximum absolute atomic E-state index is 4.71. The molecule has 98 valence electrons. The van der Waals surface area contributed by atoms with Crippen LogP contribution in [0.15, 0.2) is 29.0 Å².